The zero-order valence-electron chi connectivity index (χ0n) is 54.9. The fraction of sp³-hybridized carbons (Fsp3) is 0.684. The number of carboxylic acid groups (broad SMARTS) is 2. The first-order chi connectivity index (χ1) is 42.9. The standard InChI is InChI=1S/C28H43N2O10PS2.C25H39N2O10PS2.C2HF3O2.C2H4O2/c1-26(2,3)24(32)42-14-12-35-41(34,36-13-15-43-25(33)27(4,5)6)37-17-19-20-21(40-28(7,8)39-20)23(38-19)30-11-9-10-18(16-30)22(29)31;1-24(2,3)22(31)39-12-10-34-38(33,35-11-13-40-23(32)25(4,5)6)36-15-17-18(28)19(29)21(37-17)27-9-7-8-16(14-27)20(26)30;3-2(4,5)1(6)7;1-2(3)4/h9-11,16,19-21,23H,12-15,17H2,1-8H3,(H-,29,31);7-9,14,17-19,21,28-29H,10-13,15H2,1-6H3,(H-,26,30);(H,6,7);1H3,(H,3,4). The predicted octanol–water partition coefficient (Wildman–Crippen LogP) is 4.78. The van der Waals surface area contributed by atoms with Crippen LogP contribution in [0.2, 0.25) is 0 Å². The highest BCUT2D eigenvalue weighted by Gasteiger charge is 2.60. The Morgan fingerprint density at radius 1 is 0.553 bits per heavy atom. The smallest absolute Gasteiger partial charge is 0.474 e. The molecule has 3 saturated heterocycles. The van der Waals surface area contributed by atoms with Crippen molar-refractivity contribution in [2.75, 3.05) is 62.7 Å². The number of amides is 2. The van der Waals surface area contributed by atoms with Gasteiger partial charge in [0, 0.05) is 62.8 Å². The van der Waals surface area contributed by atoms with Crippen LogP contribution in [0.1, 0.15) is 137 Å². The fourth-order valence-electron chi connectivity index (χ4n) is 7.29. The van der Waals surface area contributed by atoms with Crippen molar-refractivity contribution in [3.8, 4) is 0 Å². The zero-order chi connectivity index (χ0) is 72.2. The number of alkyl halides is 3. The lowest BCUT2D eigenvalue weighted by Crippen LogP contribution is -2.46. The topological polar surface area (TPSA) is 409 Å². The van der Waals surface area contributed by atoms with E-state index in [1.54, 1.807) is 84.5 Å². The van der Waals surface area contributed by atoms with Crippen LogP contribution in [0.25, 0.3) is 0 Å². The van der Waals surface area contributed by atoms with Crippen molar-refractivity contribution in [3.05, 3.63) is 60.2 Å². The molecule has 0 saturated carbocycles. The Hall–Kier alpha value is -3.97. The van der Waals surface area contributed by atoms with E-state index in [-0.39, 0.29) is 87.6 Å². The third kappa shape index (κ3) is 30.4. The predicted molar refractivity (Wildman–Crippen MR) is 334 cm³/mol. The summed E-state index contributed by atoms with van der Waals surface area (Å²) in [6, 6.07) is 6.29. The van der Waals surface area contributed by atoms with Crippen molar-refractivity contribution in [2.24, 2.45) is 33.1 Å². The molecule has 6 N–H and O–H groups in total. The zero-order valence-corrected chi connectivity index (χ0v) is 59.9. The summed E-state index contributed by atoms with van der Waals surface area (Å²) in [5.74, 6) is -5.41. The van der Waals surface area contributed by atoms with Crippen LogP contribution in [0.5, 0.6) is 0 Å². The monoisotopic (exact) mass is 1460 g/mol. The molecule has 0 aromatic carbocycles. The summed E-state index contributed by atoms with van der Waals surface area (Å²) in [6.45, 7) is 25.0. The van der Waals surface area contributed by atoms with Gasteiger partial charge < -0.3 is 60.4 Å². The average Bonchev–Trinajstić information content (AvgIpc) is 1.61. The molecule has 8 unspecified atom stereocenters. The maximum absolute atomic E-state index is 13.7. The van der Waals surface area contributed by atoms with Gasteiger partial charge in [-0.2, -0.15) is 22.3 Å². The van der Waals surface area contributed by atoms with Gasteiger partial charge in [-0.05, 0) is 32.9 Å². The van der Waals surface area contributed by atoms with E-state index in [9.17, 15) is 61.3 Å². The molecule has 5 rings (SSSR count). The van der Waals surface area contributed by atoms with Gasteiger partial charge in [-0.25, -0.2) is 9.13 Å². The molecule has 3 aliphatic rings. The summed E-state index contributed by atoms with van der Waals surface area (Å²) in [5, 5.41) is 38.6. The summed E-state index contributed by atoms with van der Waals surface area (Å²) in [5.41, 5.74) is 9.07. The number of aliphatic hydroxyl groups is 2. The number of halogens is 3. The Bertz CT molecular complexity index is 2920. The van der Waals surface area contributed by atoms with Gasteiger partial charge >= 0.3 is 21.8 Å². The van der Waals surface area contributed by atoms with Gasteiger partial charge in [0.2, 0.25) is 0 Å². The number of nitrogens with two attached hydrogens (primary N) is 2. The van der Waals surface area contributed by atoms with E-state index in [2.05, 4.69) is 0 Å². The largest absolute Gasteiger partial charge is 0.550 e. The van der Waals surface area contributed by atoms with E-state index in [1.807, 2.05) is 41.5 Å². The number of pyridine rings is 2. The Morgan fingerprint density at radius 2 is 0.851 bits per heavy atom. The number of aliphatic hydroxyl groups excluding tert-OH is 2. The number of primary amides is 2. The van der Waals surface area contributed by atoms with Crippen molar-refractivity contribution in [3.63, 3.8) is 0 Å². The number of nitrogens with zero attached hydrogens (tertiary/aromatic N) is 2. The van der Waals surface area contributed by atoms with E-state index >= 15 is 0 Å². The second-order valence-corrected chi connectivity index (χ2v) is 32.7. The first-order valence-electron chi connectivity index (χ1n) is 28.8. The average molecular weight is 1460 g/mol. The van der Waals surface area contributed by atoms with Crippen LogP contribution in [-0.2, 0) is 84.0 Å². The molecule has 94 heavy (non-hydrogen) atoms. The number of carboxylic acids is 2. The van der Waals surface area contributed by atoms with Crippen molar-refractivity contribution in [1.82, 2.24) is 0 Å². The summed E-state index contributed by atoms with van der Waals surface area (Å²) in [4.78, 5) is 89.8. The summed E-state index contributed by atoms with van der Waals surface area (Å²) in [6.07, 6.45) is -6.65. The maximum atomic E-state index is 13.7. The molecule has 0 bridgehead atoms. The number of hydrogen-bond acceptors (Lipinski definition) is 28. The van der Waals surface area contributed by atoms with Crippen LogP contribution in [0.3, 0.4) is 0 Å². The highest BCUT2D eigenvalue weighted by atomic mass is 32.2. The minimum Gasteiger partial charge on any atom is -0.550 e. The highest BCUT2D eigenvalue weighted by molar-refractivity contribution is 8.14. The van der Waals surface area contributed by atoms with Crippen LogP contribution >= 0.6 is 62.7 Å². The number of aromatic nitrogens is 2. The number of phosphoric ester groups is 2. The third-order valence-electron chi connectivity index (χ3n) is 12.0. The number of thioether (sulfide) groups is 4. The number of aliphatic carboxylic acids is 2. The molecule has 8 atom stereocenters. The van der Waals surface area contributed by atoms with Crippen LogP contribution in [0.15, 0.2) is 49.1 Å². The number of fused-ring (bicyclic) bond motifs is 1. The second-order valence-electron chi connectivity index (χ2n) is 25.1. The lowest BCUT2D eigenvalue weighted by Gasteiger charge is -2.24. The van der Waals surface area contributed by atoms with Crippen LogP contribution in [-0.4, -0.2) is 166 Å². The van der Waals surface area contributed by atoms with Gasteiger partial charge in [0.1, 0.15) is 41.5 Å². The number of carbonyl (C=O) groups is 8. The lowest BCUT2D eigenvalue weighted by molar-refractivity contribution is -0.766. The van der Waals surface area contributed by atoms with E-state index in [0.717, 1.165) is 54.0 Å². The molecule has 2 amide bonds. The molecule has 3 fully saturated rings. The van der Waals surface area contributed by atoms with E-state index < -0.39 is 129 Å². The van der Waals surface area contributed by atoms with Crippen molar-refractivity contribution < 1.29 is 136 Å². The van der Waals surface area contributed by atoms with E-state index in [0.29, 0.717) is 0 Å². The fourth-order valence-corrected chi connectivity index (χ4v) is 13.3. The van der Waals surface area contributed by atoms with E-state index in [1.165, 1.54) is 29.1 Å². The van der Waals surface area contributed by atoms with Gasteiger partial charge in [-0.3, -0.25) is 55.9 Å². The summed E-state index contributed by atoms with van der Waals surface area (Å²) < 4.78 is 119. The lowest BCUT2D eigenvalue weighted by atomic mass is 9.99. The van der Waals surface area contributed by atoms with Gasteiger partial charge in [0.25, 0.3) is 24.3 Å². The normalized spacial score (nSPS) is 21.3. The minimum atomic E-state index is -5.19. The van der Waals surface area contributed by atoms with Gasteiger partial charge in [-0.1, -0.05) is 130 Å². The van der Waals surface area contributed by atoms with Crippen molar-refractivity contribution >= 4 is 107 Å². The molecule has 2 aromatic rings. The van der Waals surface area contributed by atoms with Crippen LogP contribution in [0.4, 0.5) is 13.2 Å². The molecule has 28 nitrogen and oxygen atoms in total. The molecule has 37 heteroatoms. The van der Waals surface area contributed by atoms with Gasteiger partial charge in [-0.15, -0.1) is 0 Å². The summed E-state index contributed by atoms with van der Waals surface area (Å²) >= 11 is 4.20. The molecule has 2 aromatic heterocycles. The van der Waals surface area contributed by atoms with Crippen LogP contribution in [0, 0.1) is 21.7 Å². The molecule has 0 aliphatic carbocycles. The second kappa shape index (κ2) is 37.3. The Labute approximate surface area is 561 Å². The minimum absolute atomic E-state index is 0.0276. The highest BCUT2D eigenvalue weighted by Crippen LogP contribution is 2.52. The van der Waals surface area contributed by atoms with Gasteiger partial charge in [0.05, 0.1) is 39.6 Å². The quantitative estimate of drug-likeness (QED) is 0.0559. The maximum Gasteiger partial charge on any atom is 0.474 e. The number of rotatable bonds is 26. The molecule has 534 valence electrons. The number of phosphoric acid groups is 2. The molecule has 5 heterocycles. The molecule has 0 radical (unpaired) electrons. The van der Waals surface area contributed by atoms with E-state index in [4.69, 9.17) is 77.4 Å². The molecule has 3 aliphatic heterocycles. The first-order valence-corrected chi connectivity index (χ1v) is 35.7. The van der Waals surface area contributed by atoms with Crippen molar-refractivity contribution in [2.45, 2.75) is 165 Å². The SMILES string of the molecule is CC(=O)[O-].CC(C)(C)C(=O)SCCOP(=O)(OCCSC(=O)C(C)(C)C)OCC1OC([n+]2cccc(C(N)=O)c2)C(O)C1O.CC1(C)OC2C(COP(=O)(OCCSC(=O)C(C)(C)C)OCCSC(=O)C(C)(C)C)OC([n+]3cccc(C(N)=O)c3)C2O1.O=C([O-])C(F)(F)F. The third-order valence-corrected chi connectivity index (χ3v) is 19.9. The summed E-state index contributed by atoms with van der Waals surface area (Å²) in [7, 11) is -8.37. The van der Waals surface area contributed by atoms with Crippen LogP contribution < -0.4 is 30.8 Å². The van der Waals surface area contributed by atoms with Crippen molar-refractivity contribution in [1.29, 1.82) is 0 Å². The molecule has 0 spiro atoms. The number of hydrogen-bond donors (Lipinski definition) is 4. The Kier molecular flexibility index (Phi) is 34.2. The Balaban J connectivity index is 0.000000552. The molecular weight excluding hydrogens is 1370 g/mol. The van der Waals surface area contributed by atoms with Gasteiger partial charge in [0.15, 0.2) is 63.2 Å². The first kappa shape index (κ1) is 86.1. The Morgan fingerprint density at radius 3 is 1.16 bits per heavy atom. The number of ether oxygens (including phenoxy) is 4. The molecular formula is C57H87F3N4O24P2S4. The number of carbonyl (C=O) groups excluding carboxylic acids is 8.